The number of allylic oxidation sites excluding steroid dienone is 1. The molecule has 1 nitrogen and oxygen atoms in total. The van der Waals surface area contributed by atoms with E-state index in [1.165, 1.54) is 0 Å². The van der Waals surface area contributed by atoms with Gasteiger partial charge in [-0.05, 0) is 12.5 Å². The van der Waals surface area contributed by atoms with Gasteiger partial charge < -0.3 is 0 Å². The minimum atomic E-state index is -0.154. The van der Waals surface area contributed by atoms with Crippen molar-refractivity contribution in [1.82, 2.24) is 0 Å². The first-order chi connectivity index (χ1) is 4.21. The summed E-state index contributed by atoms with van der Waals surface area (Å²) in [6, 6.07) is 0. The molecule has 48 valence electrons. The van der Waals surface area contributed by atoms with E-state index in [-0.39, 0.29) is 4.87 Å². The Morgan fingerprint density at radius 2 is 2.56 bits per heavy atom. The third-order valence-corrected chi connectivity index (χ3v) is 2.48. The number of hydrogen-bond acceptors (Lipinski definition) is 1. The van der Waals surface area contributed by atoms with Gasteiger partial charge in [0.2, 0.25) is 0 Å². The largest absolute Gasteiger partial charge is 0.249 e. The number of fused-ring (bicyclic) bond motifs is 1. The fourth-order valence-corrected chi connectivity index (χ4v) is 1.65. The third-order valence-electron chi connectivity index (χ3n) is 1.73. The van der Waals surface area contributed by atoms with Gasteiger partial charge in [-0.15, -0.1) is 11.6 Å². The van der Waals surface area contributed by atoms with Gasteiger partial charge in [0, 0.05) is 12.1 Å². The Morgan fingerprint density at radius 1 is 1.78 bits per heavy atom. The van der Waals surface area contributed by atoms with Gasteiger partial charge in [0.1, 0.15) is 5.16 Å². The van der Waals surface area contributed by atoms with Crippen LogP contribution in [-0.4, -0.2) is 11.1 Å². The van der Waals surface area contributed by atoms with Crippen molar-refractivity contribution in [3.05, 3.63) is 11.2 Å². The zero-order valence-electron chi connectivity index (χ0n) is 4.64. The van der Waals surface area contributed by atoms with Gasteiger partial charge in [-0.25, -0.2) is 4.99 Å². The van der Waals surface area contributed by atoms with E-state index < -0.39 is 0 Å². The van der Waals surface area contributed by atoms with Gasteiger partial charge in [0.25, 0.3) is 0 Å². The average molecular weight is 162 g/mol. The Bertz CT molecular complexity index is 209. The Balaban J connectivity index is 2.34. The molecule has 0 aromatic heterocycles. The van der Waals surface area contributed by atoms with E-state index in [0.29, 0.717) is 11.1 Å². The normalized spacial score (nSPS) is 46.0. The predicted molar refractivity (Wildman–Crippen MR) is 39.1 cm³/mol. The highest BCUT2D eigenvalue weighted by molar-refractivity contribution is 6.34. The standard InChI is InChI=1S/C6H5Cl2N/c7-5-2-6(8)1-4(6)3-9-5/h2-4H,1H2. The summed E-state index contributed by atoms with van der Waals surface area (Å²) in [7, 11) is 0. The molecule has 1 heterocycles. The third kappa shape index (κ3) is 0.795. The van der Waals surface area contributed by atoms with E-state index in [1.807, 2.05) is 12.3 Å². The molecule has 3 heteroatoms. The van der Waals surface area contributed by atoms with Crippen molar-refractivity contribution < 1.29 is 0 Å². The second-order valence-electron chi connectivity index (χ2n) is 2.48. The summed E-state index contributed by atoms with van der Waals surface area (Å²) in [5.41, 5.74) is 0. The molecule has 0 saturated heterocycles. The fraction of sp³-hybridized carbons (Fsp3) is 0.500. The van der Waals surface area contributed by atoms with Crippen LogP contribution >= 0.6 is 23.2 Å². The summed E-state index contributed by atoms with van der Waals surface area (Å²) in [5, 5.41) is 0.527. The van der Waals surface area contributed by atoms with Gasteiger partial charge in [-0.3, -0.25) is 0 Å². The lowest BCUT2D eigenvalue weighted by Crippen LogP contribution is -2.02. The van der Waals surface area contributed by atoms with E-state index in [9.17, 15) is 0 Å². The highest BCUT2D eigenvalue weighted by atomic mass is 35.5. The summed E-state index contributed by atoms with van der Waals surface area (Å²) in [4.78, 5) is 3.76. The molecule has 0 radical (unpaired) electrons. The van der Waals surface area contributed by atoms with Crippen LogP contribution in [-0.2, 0) is 0 Å². The van der Waals surface area contributed by atoms with Crippen LogP contribution in [0.15, 0.2) is 16.2 Å². The van der Waals surface area contributed by atoms with Crippen LogP contribution < -0.4 is 0 Å². The molecule has 0 aromatic carbocycles. The first-order valence-electron chi connectivity index (χ1n) is 2.82. The van der Waals surface area contributed by atoms with Crippen LogP contribution in [0.1, 0.15) is 6.42 Å². The van der Waals surface area contributed by atoms with Gasteiger partial charge in [0.15, 0.2) is 0 Å². The van der Waals surface area contributed by atoms with Gasteiger partial charge in [-0.2, -0.15) is 0 Å². The summed E-state index contributed by atoms with van der Waals surface area (Å²) in [6.07, 6.45) is 4.64. The summed E-state index contributed by atoms with van der Waals surface area (Å²) >= 11 is 11.6. The molecule has 2 rings (SSSR count). The zero-order valence-corrected chi connectivity index (χ0v) is 6.15. The lowest BCUT2D eigenvalue weighted by atomic mass is 10.3. The quantitative estimate of drug-likeness (QED) is 0.382. The maximum absolute atomic E-state index is 5.99. The van der Waals surface area contributed by atoms with Crippen LogP contribution in [0.4, 0.5) is 0 Å². The first kappa shape index (κ1) is 5.75. The molecule has 1 saturated carbocycles. The molecular formula is C6H5Cl2N. The Morgan fingerprint density at radius 3 is 3.11 bits per heavy atom. The smallest absolute Gasteiger partial charge is 0.126 e. The first-order valence-corrected chi connectivity index (χ1v) is 3.58. The molecule has 1 aliphatic heterocycles. The highest BCUT2D eigenvalue weighted by Crippen LogP contribution is 2.52. The summed E-state index contributed by atoms with van der Waals surface area (Å²) < 4.78 is 0. The summed E-state index contributed by atoms with van der Waals surface area (Å²) in [5.74, 6) is 0.446. The highest BCUT2D eigenvalue weighted by Gasteiger charge is 2.51. The molecule has 2 unspecified atom stereocenters. The maximum atomic E-state index is 5.99. The van der Waals surface area contributed by atoms with E-state index in [1.54, 1.807) is 0 Å². The number of hydrogen-bond donors (Lipinski definition) is 0. The van der Waals surface area contributed by atoms with Crippen LogP contribution in [0.5, 0.6) is 0 Å². The van der Waals surface area contributed by atoms with Crippen molar-refractivity contribution in [2.75, 3.05) is 0 Å². The van der Waals surface area contributed by atoms with E-state index in [4.69, 9.17) is 23.2 Å². The number of halogens is 2. The number of aliphatic imine (C=N–C) groups is 1. The molecule has 0 N–H and O–H groups in total. The Labute approximate surface area is 63.4 Å². The molecule has 2 aliphatic rings. The number of nitrogens with zero attached hydrogens (tertiary/aromatic N) is 1. The monoisotopic (exact) mass is 161 g/mol. The second kappa shape index (κ2) is 1.53. The van der Waals surface area contributed by atoms with Gasteiger partial charge >= 0.3 is 0 Å². The van der Waals surface area contributed by atoms with Crippen molar-refractivity contribution >= 4 is 29.4 Å². The molecule has 0 bridgehead atoms. The molecule has 0 aromatic rings. The minimum Gasteiger partial charge on any atom is -0.249 e. The number of rotatable bonds is 0. The minimum absolute atomic E-state index is 0.154. The Hall–Kier alpha value is -0.0100. The molecule has 9 heavy (non-hydrogen) atoms. The van der Waals surface area contributed by atoms with Crippen molar-refractivity contribution in [1.29, 1.82) is 0 Å². The number of alkyl halides is 1. The van der Waals surface area contributed by atoms with Crippen LogP contribution in [0, 0.1) is 5.92 Å². The lowest BCUT2D eigenvalue weighted by Gasteiger charge is -2.02. The topological polar surface area (TPSA) is 12.4 Å². The van der Waals surface area contributed by atoms with Crippen molar-refractivity contribution in [2.45, 2.75) is 11.3 Å². The van der Waals surface area contributed by atoms with Crippen molar-refractivity contribution in [3.8, 4) is 0 Å². The Kier molecular flexibility index (Phi) is 0.976. The van der Waals surface area contributed by atoms with E-state index in [2.05, 4.69) is 4.99 Å². The summed E-state index contributed by atoms with van der Waals surface area (Å²) in [6.45, 7) is 0. The van der Waals surface area contributed by atoms with Gasteiger partial charge in [-0.1, -0.05) is 11.6 Å². The predicted octanol–water partition coefficient (Wildman–Crippen LogP) is 2.15. The molecule has 0 spiro atoms. The van der Waals surface area contributed by atoms with Crippen LogP contribution in [0.3, 0.4) is 0 Å². The maximum Gasteiger partial charge on any atom is 0.126 e. The SMILES string of the molecule is ClC1=CC2(Cl)CC2C=N1. The zero-order chi connectivity index (χ0) is 6.48. The van der Waals surface area contributed by atoms with Gasteiger partial charge in [0.05, 0.1) is 4.87 Å². The van der Waals surface area contributed by atoms with E-state index >= 15 is 0 Å². The van der Waals surface area contributed by atoms with Crippen molar-refractivity contribution in [2.24, 2.45) is 10.9 Å². The molecule has 0 amide bonds. The average Bonchev–Trinajstić information content (AvgIpc) is 2.38. The molecule has 1 fully saturated rings. The molecule has 1 aliphatic carbocycles. The molecule has 2 atom stereocenters. The van der Waals surface area contributed by atoms with Crippen LogP contribution in [0.2, 0.25) is 0 Å². The fourth-order valence-electron chi connectivity index (χ4n) is 1.02. The van der Waals surface area contributed by atoms with E-state index in [0.717, 1.165) is 6.42 Å². The molecular weight excluding hydrogens is 157 g/mol. The van der Waals surface area contributed by atoms with Crippen LogP contribution in [0.25, 0.3) is 0 Å². The second-order valence-corrected chi connectivity index (χ2v) is 3.57. The lowest BCUT2D eigenvalue weighted by molar-refractivity contribution is 1.06. The van der Waals surface area contributed by atoms with Crippen molar-refractivity contribution in [3.63, 3.8) is 0 Å².